The SMILES string of the molecule is CCCC1=C(C(=O)OC(C)C)C(c2ccccc2OCc2ccc(Cl)c(Cl)c2)NC(=O)N1. The van der Waals surface area contributed by atoms with Crippen molar-refractivity contribution < 1.29 is 19.1 Å². The molecule has 3 rings (SSSR count). The van der Waals surface area contributed by atoms with Crippen molar-refractivity contribution in [3.63, 3.8) is 0 Å². The fourth-order valence-corrected chi connectivity index (χ4v) is 3.78. The van der Waals surface area contributed by atoms with Crippen molar-refractivity contribution in [2.24, 2.45) is 0 Å². The third-order valence-electron chi connectivity index (χ3n) is 4.82. The second-order valence-corrected chi connectivity index (χ2v) is 8.52. The molecule has 0 saturated carbocycles. The van der Waals surface area contributed by atoms with Gasteiger partial charge in [-0.25, -0.2) is 9.59 Å². The Labute approximate surface area is 197 Å². The number of halogens is 2. The number of nitrogens with one attached hydrogen (secondary N) is 2. The lowest BCUT2D eigenvalue weighted by Crippen LogP contribution is -2.46. The zero-order chi connectivity index (χ0) is 23.3. The number of carbonyl (C=O) groups excluding carboxylic acids is 2. The Morgan fingerprint density at radius 2 is 1.88 bits per heavy atom. The lowest BCUT2D eigenvalue weighted by Gasteiger charge is -2.30. The van der Waals surface area contributed by atoms with E-state index in [0.29, 0.717) is 39.0 Å². The third kappa shape index (κ3) is 5.75. The standard InChI is InChI=1S/C24H26Cl2N2O4/c1-4-7-19-21(23(29)32-14(2)3)22(28-24(30)27-19)16-8-5-6-9-20(16)31-13-15-10-11-17(25)18(26)12-15/h5-6,8-12,14,22H,4,7,13H2,1-3H3,(H2,27,28,30). The first-order valence-corrected chi connectivity index (χ1v) is 11.2. The number of para-hydroxylation sites is 1. The summed E-state index contributed by atoms with van der Waals surface area (Å²) in [5.41, 5.74) is 2.44. The third-order valence-corrected chi connectivity index (χ3v) is 5.56. The summed E-state index contributed by atoms with van der Waals surface area (Å²) in [6.07, 6.45) is 1.01. The van der Waals surface area contributed by atoms with Gasteiger partial charge in [-0.15, -0.1) is 0 Å². The maximum Gasteiger partial charge on any atom is 0.338 e. The minimum absolute atomic E-state index is 0.240. The van der Waals surface area contributed by atoms with E-state index in [1.54, 1.807) is 32.0 Å². The van der Waals surface area contributed by atoms with Gasteiger partial charge < -0.3 is 20.1 Å². The molecule has 1 atom stereocenters. The van der Waals surface area contributed by atoms with Crippen LogP contribution in [0.5, 0.6) is 5.75 Å². The molecule has 1 heterocycles. The van der Waals surface area contributed by atoms with Crippen LogP contribution in [0.25, 0.3) is 0 Å². The summed E-state index contributed by atoms with van der Waals surface area (Å²) in [6.45, 7) is 5.80. The number of ether oxygens (including phenoxy) is 2. The number of hydrogen-bond acceptors (Lipinski definition) is 4. The molecule has 8 heteroatoms. The predicted molar refractivity (Wildman–Crippen MR) is 125 cm³/mol. The van der Waals surface area contributed by atoms with Crippen LogP contribution in [0.4, 0.5) is 4.79 Å². The van der Waals surface area contributed by atoms with Gasteiger partial charge in [0.05, 0.1) is 27.8 Å². The van der Waals surface area contributed by atoms with Crippen molar-refractivity contribution in [1.29, 1.82) is 0 Å². The van der Waals surface area contributed by atoms with Crippen LogP contribution >= 0.6 is 23.2 Å². The van der Waals surface area contributed by atoms with E-state index in [-0.39, 0.29) is 18.7 Å². The Balaban J connectivity index is 1.96. The van der Waals surface area contributed by atoms with E-state index in [0.717, 1.165) is 12.0 Å². The number of esters is 1. The van der Waals surface area contributed by atoms with Crippen LogP contribution in [0.1, 0.15) is 50.8 Å². The van der Waals surface area contributed by atoms with Gasteiger partial charge in [0.2, 0.25) is 0 Å². The first-order valence-electron chi connectivity index (χ1n) is 10.5. The number of benzene rings is 2. The van der Waals surface area contributed by atoms with Gasteiger partial charge in [0.15, 0.2) is 0 Å². The van der Waals surface area contributed by atoms with E-state index in [9.17, 15) is 9.59 Å². The molecule has 2 amide bonds. The second kappa shape index (κ2) is 10.7. The topological polar surface area (TPSA) is 76.7 Å². The lowest BCUT2D eigenvalue weighted by molar-refractivity contribution is -0.143. The van der Waals surface area contributed by atoms with E-state index in [2.05, 4.69) is 10.6 Å². The molecule has 6 nitrogen and oxygen atoms in total. The molecule has 0 aromatic heterocycles. The highest BCUT2D eigenvalue weighted by molar-refractivity contribution is 6.42. The minimum Gasteiger partial charge on any atom is -0.489 e. The molecule has 2 aromatic carbocycles. The number of carbonyl (C=O) groups is 2. The molecular formula is C24H26Cl2N2O4. The van der Waals surface area contributed by atoms with Crippen LogP contribution in [0.2, 0.25) is 10.0 Å². The molecular weight excluding hydrogens is 451 g/mol. The van der Waals surface area contributed by atoms with Crippen LogP contribution in [-0.4, -0.2) is 18.1 Å². The summed E-state index contributed by atoms with van der Waals surface area (Å²) in [7, 11) is 0. The highest BCUT2D eigenvalue weighted by Gasteiger charge is 2.35. The molecule has 1 aliphatic heterocycles. The Morgan fingerprint density at radius 3 is 2.56 bits per heavy atom. The monoisotopic (exact) mass is 476 g/mol. The fourth-order valence-electron chi connectivity index (χ4n) is 3.46. The Kier molecular flexibility index (Phi) is 8.04. The molecule has 170 valence electrons. The summed E-state index contributed by atoms with van der Waals surface area (Å²) < 4.78 is 11.6. The fraction of sp³-hybridized carbons (Fsp3) is 0.333. The molecule has 0 bridgehead atoms. The molecule has 1 unspecified atom stereocenters. The predicted octanol–water partition coefficient (Wildman–Crippen LogP) is 5.93. The smallest absolute Gasteiger partial charge is 0.338 e. The molecule has 0 saturated heterocycles. The maximum absolute atomic E-state index is 13.0. The van der Waals surface area contributed by atoms with Crippen LogP contribution in [0, 0.1) is 0 Å². The highest BCUT2D eigenvalue weighted by atomic mass is 35.5. The van der Waals surface area contributed by atoms with Crippen molar-refractivity contribution in [2.45, 2.75) is 52.4 Å². The van der Waals surface area contributed by atoms with Gasteiger partial charge in [0.1, 0.15) is 12.4 Å². The van der Waals surface area contributed by atoms with Gasteiger partial charge in [0, 0.05) is 11.3 Å². The lowest BCUT2D eigenvalue weighted by atomic mass is 9.93. The summed E-state index contributed by atoms with van der Waals surface area (Å²) in [6, 6.07) is 11.5. The van der Waals surface area contributed by atoms with Gasteiger partial charge in [-0.2, -0.15) is 0 Å². The van der Waals surface area contributed by atoms with E-state index < -0.39 is 12.0 Å². The Hall–Kier alpha value is -2.70. The van der Waals surface area contributed by atoms with Gasteiger partial charge in [-0.05, 0) is 44.0 Å². The number of rotatable bonds is 8. The summed E-state index contributed by atoms with van der Waals surface area (Å²) in [5, 5.41) is 6.53. The quantitative estimate of drug-likeness (QED) is 0.462. The highest BCUT2D eigenvalue weighted by Crippen LogP contribution is 2.35. The maximum atomic E-state index is 13.0. The van der Waals surface area contributed by atoms with Gasteiger partial charge in [-0.3, -0.25) is 0 Å². The molecule has 0 aliphatic carbocycles. The molecule has 2 N–H and O–H groups in total. The number of hydrogen-bond donors (Lipinski definition) is 2. The van der Waals surface area contributed by atoms with Gasteiger partial charge >= 0.3 is 12.0 Å². The Morgan fingerprint density at radius 1 is 1.12 bits per heavy atom. The largest absolute Gasteiger partial charge is 0.489 e. The average molecular weight is 477 g/mol. The van der Waals surface area contributed by atoms with Crippen LogP contribution in [0.3, 0.4) is 0 Å². The minimum atomic E-state index is -0.707. The molecule has 32 heavy (non-hydrogen) atoms. The van der Waals surface area contributed by atoms with Crippen molar-refractivity contribution in [2.75, 3.05) is 0 Å². The van der Waals surface area contributed by atoms with E-state index in [1.165, 1.54) is 0 Å². The molecule has 1 aliphatic rings. The summed E-state index contributed by atoms with van der Waals surface area (Å²) in [5.74, 6) is 0.0664. The number of urea groups is 1. The summed E-state index contributed by atoms with van der Waals surface area (Å²) >= 11 is 12.1. The van der Waals surface area contributed by atoms with Crippen molar-refractivity contribution >= 4 is 35.2 Å². The zero-order valence-corrected chi connectivity index (χ0v) is 19.7. The van der Waals surface area contributed by atoms with Gasteiger partial charge in [-0.1, -0.05) is 60.8 Å². The first-order chi connectivity index (χ1) is 15.3. The average Bonchev–Trinajstić information content (AvgIpc) is 2.74. The summed E-state index contributed by atoms with van der Waals surface area (Å²) in [4.78, 5) is 25.4. The van der Waals surface area contributed by atoms with Crippen LogP contribution < -0.4 is 15.4 Å². The van der Waals surface area contributed by atoms with E-state index >= 15 is 0 Å². The number of amides is 2. The van der Waals surface area contributed by atoms with Crippen molar-refractivity contribution in [3.8, 4) is 5.75 Å². The van der Waals surface area contributed by atoms with E-state index in [4.69, 9.17) is 32.7 Å². The van der Waals surface area contributed by atoms with E-state index in [1.807, 2.05) is 31.2 Å². The number of allylic oxidation sites excluding steroid dienone is 1. The molecule has 2 aromatic rings. The van der Waals surface area contributed by atoms with Crippen LogP contribution in [-0.2, 0) is 16.1 Å². The van der Waals surface area contributed by atoms with Crippen LogP contribution in [0.15, 0.2) is 53.7 Å². The van der Waals surface area contributed by atoms with Crippen molar-refractivity contribution in [3.05, 3.63) is 74.9 Å². The molecule has 0 spiro atoms. The second-order valence-electron chi connectivity index (χ2n) is 7.70. The normalized spacial score (nSPS) is 15.9. The van der Waals surface area contributed by atoms with Gasteiger partial charge in [0.25, 0.3) is 0 Å². The molecule has 0 radical (unpaired) electrons. The zero-order valence-electron chi connectivity index (χ0n) is 18.2. The van der Waals surface area contributed by atoms with Crippen molar-refractivity contribution in [1.82, 2.24) is 10.6 Å². The first kappa shape index (κ1) is 24.0. The Bertz CT molecular complexity index is 1040. The molecule has 0 fully saturated rings.